The summed E-state index contributed by atoms with van der Waals surface area (Å²) in [4.78, 5) is 25.4. The van der Waals surface area contributed by atoms with Gasteiger partial charge in [-0.05, 0) is 36.2 Å². The van der Waals surface area contributed by atoms with Crippen LogP contribution in [0.25, 0.3) is 0 Å². The zero-order chi connectivity index (χ0) is 17.8. The van der Waals surface area contributed by atoms with Gasteiger partial charge in [-0.1, -0.05) is 24.3 Å². The number of halogens is 1. The van der Waals surface area contributed by atoms with Gasteiger partial charge in [0.15, 0.2) is 0 Å². The molecule has 2 amide bonds. The van der Waals surface area contributed by atoms with Gasteiger partial charge < -0.3 is 15.5 Å². The van der Waals surface area contributed by atoms with E-state index in [9.17, 15) is 14.0 Å². The van der Waals surface area contributed by atoms with Crippen molar-refractivity contribution in [2.24, 2.45) is 0 Å². The Morgan fingerprint density at radius 1 is 1.20 bits per heavy atom. The van der Waals surface area contributed by atoms with Crippen molar-refractivity contribution >= 4 is 23.2 Å². The third-order valence-electron chi connectivity index (χ3n) is 4.29. The van der Waals surface area contributed by atoms with Crippen LogP contribution >= 0.6 is 0 Å². The summed E-state index contributed by atoms with van der Waals surface area (Å²) in [6, 6.07) is 13.3. The molecule has 0 aliphatic carbocycles. The lowest BCUT2D eigenvalue weighted by Gasteiger charge is -2.18. The first kappa shape index (κ1) is 17.0. The molecule has 130 valence electrons. The average Bonchev–Trinajstić information content (AvgIpc) is 2.97. The summed E-state index contributed by atoms with van der Waals surface area (Å²) in [6.45, 7) is 0.478. The highest BCUT2D eigenvalue weighted by atomic mass is 19.1. The normalized spacial score (nSPS) is 16.8. The van der Waals surface area contributed by atoms with Gasteiger partial charge in [0.1, 0.15) is 11.9 Å². The minimum absolute atomic E-state index is 0.0489. The van der Waals surface area contributed by atoms with Gasteiger partial charge in [-0.25, -0.2) is 4.39 Å². The Bertz CT molecular complexity index is 776. The molecule has 1 aliphatic rings. The number of carbonyl (C=O) groups is 2. The third kappa shape index (κ3) is 3.79. The van der Waals surface area contributed by atoms with Gasteiger partial charge in [-0.3, -0.25) is 9.59 Å². The van der Waals surface area contributed by atoms with Crippen LogP contribution in [0.2, 0.25) is 0 Å². The molecule has 2 N–H and O–H groups in total. The number of rotatable bonds is 5. The molecule has 1 aliphatic heterocycles. The second-order valence-corrected chi connectivity index (χ2v) is 5.97. The number of anilines is 2. The minimum atomic E-state index is -0.393. The molecule has 0 saturated carbocycles. The van der Waals surface area contributed by atoms with E-state index in [0.717, 1.165) is 11.3 Å². The first-order valence-electron chi connectivity index (χ1n) is 8.20. The van der Waals surface area contributed by atoms with Gasteiger partial charge in [0, 0.05) is 19.3 Å². The summed E-state index contributed by atoms with van der Waals surface area (Å²) >= 11 is 0. The van der Waals surface area contributed by atoms with Gasteiger partial charge >= 0.3 is 0 Å². The maximum atomic E-state index is 13.9. The quantitative estimate of drug-likeness (QED) is 0.877. The van der Waals surface area contributed by atoms with Gasteiger partial charge in [-0.15, -0.1) is 0 Å². The van der Waals surface area contributed by atoms with Crippen LogP contribution in [0.4, 0.5) is 15.8 Å². The van der Waals surface area contributed by atoms with Gasteiger partial charge in [0.05, 0.1) is 12.1 Å². The first-order chi connectivity index (χ1) is 12.1. The molecular weight excluding hydrogens is 321 g/mol. The largest absolute Gasteiger partial charge is 0.374 e. The molecule has 1 saturated heterocycles. The van der Waals surface area contributed by atoms with E-state index < -0.39 is 5.82 Å². The van der Waals surface area contributed by atoms with Crippen molar-refractivity contribution in [3.05, 3.63) is 59.9 Å². The van der Waals surface area contributed by atoms with E-state index in [1.54, 1.807) is 25.2 Å². The minimum Gasteiger partial charge on any atom is -0.374 e. The highest BCUT2D eigenvalue weighted by Crippen LogP contribution is 2.26. The molecule has 0 spiro atoms. The highest BCUT2D eigenvalue weighted by molar-refractivity contribution is 6.01. The monoisotopic (exact) mass is 341 g/mol. The second-order valence-electron chi connectivity index (χ2n) is 5.97. The van der Waals surface area contributed by atoms with E-state index in [2.05, 4.69) is 10.6 Å². The lowest BCUT2D eigenvalue weighted by Crippen LogP contribution is -2.33. The van der Waals surface area contributed by atoms with Crippen LogP contribution < -0.4 is 15.5 Å². The van der Waals surface area contributed by atoms with E-state index in [1.165, 1.54) is 11.0 Å². The molecule has 1 atom stereocenters. The van der Waals surface area contributed by atoms with Crippen molar-refractivity contribution in [2.75, 3.05) is 23.8 Å². The van der Waals surface area contributed by atoms with Crippen LogP contribution in [-0.2, 0) is 16.0 Å². The van der Waals surface area contributed by atoms with Crippen LogP contribution in [0.5, 0.6) is 0 Å². The summed E-state index contributed by atoms with van der Waals surface area (Å²) in [7, 11) is 1.60. The molecule has 1 heterocycles. The molecule has 0 bridgehead atoms. The molecule has 25 heavy (non-hydrogen) atoms. The topological polar surface area (TPSA) is 61.4 Å². The predicted octanol–water partition coefficient (Wildman–Crippen LogP) is 2.33. The number of nitrogens with zero attached hydrogens (tertiary/aromatic N) is 1. The number of nitrogens with one attached hydrogen (secondary N) is 2. The SMILES string of the molecule is CNC(=O)Cc1ccc(N[C@@H]2CCN(c3ccccc3F)C2=O)cc1. The van der Waals surface area contributed by atoms with Crippen molar-refractivity contribution in [1.29, 1.82) is 0 Å². The summed E-state index contributed by atoms with van der Waals surface area (Å²) in [5, 5.41) is 5.77. The standard InChI is InChI=1S/C19H20FN3O2/c1-21-18(24)12-13-6-8-14(9-7-13)22-16-10-11-23(19(16)25)17-5-3-2-4-15(17)20/h2-9,16,22H,10-12H2,1H3,(H,21,24)/t16-/m1/s1. The summed E-state index contributed by atoms with van der Waals surface area (Å²) in [5.41, 5.74) is 2.02. The molecule has 6 heteroatoms. The van der Waals surface area contributed by atoms with Crippen molar-refractivity contribution in [3.63, 3.8) is 0 Å². The fraction of sp³-hybridized carbons (Fsp3) is 0.263. The van der Waals surface area contributed by atoms with E-state index in [0.29, 0.717) is 25.1 Å². The zero-order valence-corrected chi connectivity index (χ0v) is 14.0. The van der Waals surface area contributed by atoms with E-state index in [1.807, 2.05) is 24.3 Å². The number of para-hydroxylation sites is 1. The molecule has 5 nitrogen and oxygen atoms in total. The van der Waals surface area contributed by atoms with E-state index in [4.69, 9.17) is 0 Å². The van der Waals surface area contributed by atoms with Crippen molar-refractivity contribution < 1.29 is 14.0 Å². The Morgan fingerprint density at radius 3 is 2.60 bits per heavy atom. The van der Waals surface area contributed by atoms with Crippen LogP contribution in [-0.4, -0.2) is 31.4 Å². The highest BCUT2D eigenvalue weighted by Gasteiger charge is 2.33. The summed E-state index contributed by atoms with van der Waals surface area (Å²) < 4.78 is 13.9. The average molecular weight is 341 g/mol. The molecule has 0 aromatic heterocycles. The molecule has 0 radical (unpaired) electrons. The first-order valence-corrected chi connectivity index (χ1v) is 8.20. The maximum absolute atomic E-state index is 13.9. The maximum Gasteiger partial charge on any atom is 0.249 e. The van der Waals surface area contributed by atoms with Crippen molar-refractivity contribution in [2.45, 2.75) is 18.9 Å². The van der Waals surface area contributed by atoms with Gasteiger partial charge in [-0.2, -0.15) is 0 Å². The van der Waals surface area contributed by atoms with Crippen LogP contribution in [0, 0.1) is 5.82 Å². The molecular formula is C19H20FN3O2. The Kier molecular flexibility index (Phi) is 4.97. The zero-order valence-electron chi connectivity index (χ0n) is 14.0. The van der Waals surface area contributed by atoms with E-state index in [-0.39, 0.29) is 17.9 Å². The lowest BCUT2D eigenvalue weighted by atomic mass is 10.1. The summed E-state index contributed by atoms with van der Waals surface area (Å²) in [6.07, 6.45) is 0.924. The number of carbonyl (C=O) groups excluding carboxylic acids is 2. The van der Waals surface area contributed by atoms with Crippen LogP contribution in [0.3, 0.4) is 0 Å². The third-order valence-corrected chi connectivity index (χ3v) is 4.29. The number of hydrogen-bond donors (Lipinski definition) is 2. The molecule has 0 unspecified atom stereocenters. The fourth-order valence-corrected chi connectivity index (χ4v) is 2.92. The van der Waals surface area contributed by atoms with Crippen molar-refractivity contribution in [3.8, 4) is 0 Å². The molecule has 1 fully saturated rings. The number of benzene rings is 2. The lowest BCUT2D eigenvalue weighted by molar-refractivity contribution is -0.120. The Hall–Kier alpha value is -2.89. The van der Waals surface area contributed by atoms with Crippen molar-refractivity contribution in [1.82, 2.24) is 5.32 Å². The number of likely N-dealkylation sites (N-methyl/N-ethyl adjacent to an activating group) is 1. The van der Waals surface area contributed by atoms with Crippen LogP contribution in [0.15, 0.2) is 48.5 Å². The molecule has 3 rings (SSSR count). The van der Waals surface area contributed by atoms with E-state index >= 15 is 0 Å². The van der Waals surface area contributed by atoms with Crippen LogP contribution in [0.1, 0.15) is 12.0 Å². The Labute approximate surface area is 145 Å². The number of hydrogen-bond acceptors (Lipinski definition) is 3. The molecule has 2 aromatic rings. The second kappa shape index (κ2) is 7.34. The van der Waals surface area contributed by atoms with Gasteiger partial charge in [0.2, 0.25) is 11.8 Å². The Morgan fingerprint density at radius 2 is 1.92 bits per heavy atom. The summed E-state index contributed by atoms with van der Waals surface area (Å²) in [5.74, 6) is -0.582. The fourth-order valence-electron chi connectivity index (χ4n) is 2.92. The molecule has 2 aromatic carbocycles. The smallest absolute Gasteiger partial charge is 0.249 e. The Balaban J connectivity index is 1.65. The van der Waals surface area contributed by atoms with Gasteiger partial charge in [0.25, 0.3) is 0 Å². The predicted molar refractivity (Wildman–Crippen MR) is 95.0 cm³/mol. The number of amides is 2.